The van der Waals surface area contributed by atoms with Gasteiger partial charge in [0.25, 0.3) is 0 Å². The van der Waals surface area contributed by atoms with Crippen molar-refractivity contribution in [1.82, 2.24) is 5.32 Å². The van der Waals surface area contributed by atoms with E-state index < -0.39 is 6.29 Å². The molecule has 0 amide bonds. The van der Waals surface area contributed by atoms with Crippen LogP contribution in [0, 0.1) is 0 Å². The molecule has 0 aromatic heterocycles. The van der Waals surface area contributed by atoms with Crippen LogP contribution in [-0.4, -0.2) is 30.1 Å². The topological polar surface area (TPSA) is 44.8 Å². The van der Waals surface area contributed by atoms with Gasteiger partial charge in [0.2, 0.25) is 0 Å². The van der Waals surface area contributed by atoms with Crippen molar-refractivity contribution in [2.45, 2.75) is 31.3 Å². The summed E-state index contributed by atoms with van der Waals surface area (Å²) in [6, 6.07) is 0. The van der Waals surface area contributed by atoms with Crippen LogP contribution in [0.2, 0.25) is 0 Å². The van der Waals surface area contributed by atoms with Gasteiger partial charge in [-0.2, -0.15) is 0 Å². The molecule has 0 spiro atoms. The number of aliphatic hydroxyl groups is 1. The van der Waals surface area contributed by atoms with Gasteiger partial charge in [0.05, 0.1) is 5.54 Å². The van der Waals surface area contributed by atoms with E-state index in [-0.39, 0.29) is 11.6 Å². The number of rotatable bonds is 4. The Balaban J connectivity index is 2.52. The van der Waals surface area contributed by atoms with E-state index in [9.17, 15) is 0 Å². The number of hydrogen-bond acceptors (Lipinski definition) is 3. The van der Waals surface area contributed by atoms with Crippen LogP contribution in [0.3, 0.4) is 0 Å². The Kier molecular flexibility index (Phi) is 2.32. The van der Waals surface area contributed by atoms with E-state index in [0.29, 0.717) is 0 Å². The maximum absolute atomic E-state index is 9.02. The SMILES string of the molecule is C=CC[C@@](C)(NC)C1OC1O. The summed E-state index contributed by atoms with van der Waals surface area (Å²) < 4.78 is 4.97. The molecule has 1 fully saturated rings. The molecule has 2 N–H and O–H groups in total. The summed E-state index contributed by atoms with van der Waals surface area (Å²) in [6.07, 6.45) is 1.95. The Morgan fingerprint density at radius 3 is 2.64 bits per heavy atom. The maximum Gasteiger partial charge on any atom is 0.183 e. The van der Waals surface area contributed by atoms with Crippen LogP contribution in [0.4, 0.5) is 0 Å². The standard InChI is InChI=1S/C8H15NO2/c1-4-5-8(2,9-3)6-7(10)11-6/h4,6-7,9-10H,1,5H2,2-3H3/t6?,7?,8-/m1/s1. The largest absolute Gasteiger partial charge is 0.366 e. The highest BCUT2D eigenvalue weighted by atomic mass is 16.7. The van der Waals surface area contributed by atoms with E-state index >= 15 is 0 Å². The van der Waals surface area contributed by atoms with Crippen molar-refractivity contribution in [3.8, 4) is 0 Å². The van der Waals surface area contributed by atoms with E-state index in [0.717, 1.165) is 6.42 Å². The second-order valence-corrected chi connectivity index (χ2v) is 3.11. The van der Waals surface area contributed by atoms with Crippen molar-refractivity contribution in [2.75, 3.05) is 7.05 Å². The quantitative estimate of drug-likeness (QED) is 0.454. The van der Waals surface area contributed by atoms with Crippen LogP contribution in [0.15, 0.2) is 12.7 Å². The fraction of sp³-hybridized carbons (Fsp3) is 0.750. The minimum Gasteiger partial charge on any atom is -0.366 e. The highest BCUT2D eigenvalue weighted by Crippen LogP contribution is 2.32. The Morgan fingerprint density at radius 2 is 2.36 bits per heavy atom. The summed E-state index contributed by atoms with van der Waals surface area (Å²) in [5, 5.41) is 12.1. The minimum absolute atomic E-state index is 0.0782. The minimum atomic E-state index is -0.590. The van der Waals surface area contributed by atoms with E-state index in [1.807, 2.05) is 20.0 Å². The van der Waals surface area contributed by atoms with Crippen LogP contribution in [0.5, 0.6) is 0 Å². The normalized spacial score (nSPS) is 34.5. The van der Waals surface area contributed by atoms with E-state index in [1.54, 1.807) is 0 Å². The molecule has 1 heterocycles. The molecular formula is C8H15NO2. The zero-order valence-electron chi connectivity index (χ0n) is 7.00. The lowest BCUT2D eigenvalue weighted by Crippen LogP contribution is -2.45. The first-order valence-corrected chi connectivity index (χ1v) is 3.77. The van der Waals surface area contributed by atoms with Gasteiger partial charge in [0.1, 0.15) is 6.10 Å². The summed E-state index contributed by atoms with van der Waals surface area (Å²) >= 11 is 0. The smallest absolute Gasteiger partial charge is 0.183 e. The molecule has 0 aliphatic carbocycles. The van der Waals surface area contributed by atoms with Gasteiger partial charge in [-0.3, -0.25) is 0 Å². The highest BCUT2D eigenvalue weighted by molar-refractivity contribution is 5.02. The van der Waals surface area contributed by atoms with Crippen molar-refractivity contribution in [3.63, 3.8) is 0 Å². The zero-order chi connectivity index (χ0) is 8.48. The van der Waals surface area contributed by atoms with Crippen LogP contribution >= 0.6 is 0 Å². The average molecular weight is 157 g/mol. The lowest BCUT2D eigenvalue weighted by molar-refractivity contribution is 0.155. The van der Waals surface area contributed by atoms with Crippen molar-refractivity contribution < 1.29 is 9.84 Å². The van der Waals surface area contributed by atoms with Gasteiger partial charge in [-0.15, -0.1) is 6.58 Å². The maximum atomic E-state index is 9.02. The molecule has 64 valence electrons. The van der Waals surface area contributed by atoms with Gasteiger partial charge in [0.15, 0.2) is 6.29 Å². The molecule has 0 radical (unpaired) electrons. The summed E-state index contributed by atoms with van der Waals surface area (Å²) in [5.41, 5.74) is -0.166. The van der Waals surface area contributed by atoms with Gasteiger partial charge < -0.3 is 15.2 Å². The van der Waals surface area contributed by atoms with E-state index in [1.165, 1.54) is 0 Å². The fourth-order valence-electron chi connectivity index (χ4n) is 1.23. The molecule has 3 atom stereocenters. The molecule has 3 heteroatoms. The molecule has 0 bridgehead atoms. The second-order valence-electron chi connectivity index (χ2n) is 3.11. The number of aliphatic hydroxyl groups excluding tert-OH is 1. The lowest BCUT2D eigenvalue weighted by Gasteiger charge is -2.25. The van der Waals surface area contributed by atoms with Gasteiger partial charge in [-0.05, 0) is 20.4 Å². The molecule has 1 saturated heterocycles. The molecule has 0 aromatic carbocycles. The molecule has 1 aliphatic heterocycles. The van der Waals surface area contributed by atoms with E-state index in [2.05, 4.69) is 11.9 Å². The number of ether oxygens (including phenoxy) is 1. The molecular weight excluding hydrogens is 142 g/mol. The Bertz CT molecular complexity index is 160. The predicted octanol–water partition coefficient (Wildman–Crippen LogP) is 0.258. The molecule has 3 nitrogen and oxygen atoms in total. The van der Waals surface area contributed by atoms with Crippen molar-refractivity contribution in [1.29, 1.82) is 0 Å². The molecule has 1 rings (SSSR count). The number of likely N-dealkylation sites (N-methyl/N-ethyl adjacent to an activating group) is 1. The van der Waals surface area contributed by atoms with Gasteiger partial charge in [-0.1, -0.05) is 6.08 Å². The van der Waals surface area contributed by atoms with Crippen molar-refractivity contribution in [3.05, 3.63) is 12.7 Å². The van der Waals surface area contributed by atoms with E-state index in [4.69, 9.17) is 9.84 Å². The fourth-order valence-corrected chi connectivity index (χ4v) is 1.23. The number of hydrogen-bond donors (Lipinski definition) is 2. The van der Waals surface area contributed by atoms with Crippen LogP contribution in [-0.2, 0) is 4.74 Å². The van der Waals surface area contributed by atoms with Crippen LogP contribution in [0.25, 0.3) is 0 Å². The Morgan fingerprint density at radius 1 is 1.82 bits per heavy atom. The molecule has 11 heavy (non-hydrogen) atoms. The van der Waals surface area contributed by atoms with Crippen LogP contribution < -0.4 is 5.32 Å². The van der Waals surface area contributed by atoms with Gasteiger partial charge in [-0.25, -0.2) is 0 Å². The third kappa shape index (κ3) is 1.61. The highest BCUT2D eigenvalue weighted by Gasteiger charge is 2.50. The Labute approximate surface area is 67.1 Å². The summed E-state index contributed by atoms with van der Waals surface area (Å²) in [6.45, 7) is 5.66. The third-order valence-electron chi connectivity index (χ3n) is 2.24. The van der Waals surface area contributed by atoms with Gasteiger partial charge >= 0.3 is 0 Å². The van der Waals surface area contributed by atoms with Gasteiger partial charge in [0, 0.05) is 0 Å². The lowest BCUT2D eigenvalue weighted by atomic mass is 9.94. The summed E-state index contributed by atoms with van der Waals surface area (Å²) in [7, 11) is 1.86. The monoisotopic (exact) mass is 157 g/mol. The first-order chi connectivity index (χ1) is 5.14. The number of epoxide rings is 1. The molecule has 1 aliphatic rings. The molecule has 2 unspecified atom stereocenters. The molecule has 0 aromatic rings. The predicted molar refractivity (Wildman–Crippen MR) is 43.2 cm³/mol. The Hall–Kier alpha value is -0.380. The third-order valence-corrected chi connectivity index (χ3v) is 2.24. The zero-order valence-corrected chi connectivity index (χ0v) is 7.00. The number of nitrogens with one attached hydrogen (secondary N) is 1. The van der Waals surface area contributed by atoms with Crippen LogP contribution in [0.1, 0.15) is 13.3 Å². The first-order valence-electron chi connectivity index (χ1n) is 3.77. The second kappa shape index (κ2) is 2.93. The van der Waals surface area contributed by atoms with Crippen molar-refractivity contribution >= 4 is 0 Å². The summed E-state index contributed by atoms with van der Waals surface area (Å²) in [4.78, 5) is 0. The van der Waals surface area contributed by atoms with Crippen molar-refractivity contribution in [2.24, 2.45) is 0 Å². The summed E-state index contributed by atoms with van der Waals surface area (Å²) in [5.74, 6) is 0. The average Bonchev–Trinajstić information content (AvgIpc) is 2.68. The first kappa shape index (κ1) is 8.71. The molecule has 0 saturated carbocycles.